The number of carboxylic acid groups (broad SMARTS) is 1. The zero-order valence-electron chi connectivity index (χ0n) is 7.01. The average molecular weight is 214 g/mol. The lowest BCUT2D eigenvalue weighted by molar-refractivity contribution is -0.131. The van der Waals surface area contributed by atoms with Gasteiger partial charge in [-0.15, -0.1) is 0 Å². The molecule has 0 radical (unpaired) electrons. The van der Waals surface area contributed by atoms with Crippen LogP contribution in [0.25, 0.3) is 0 Å². The highest BCUT2D eigenvalue weighted by molar-refractivity contribution is 7.85. The van der Waals surface area contributed by atoms with E-state index >= 15 is 0 Å². The summed E-state index contributed by atoms with van der Waals surface area (Å²) in [5.74, 6) is -1.34. The Balaban J connectivity index is -0.000000150. The molecule has 7 N–H and O–H groups in total. The van der Waals surface area contributed by atoms with E-state index in [1.54, 1.807) is 0 Å². The molecule has 0 aliphatic heterocycles. The van der Waals surface area contributed by atoms with Crippen molar-refractivity contribution in [3.8, 4) is 0 Å². The third kappa shape index (κ3) is 35.5. The molecule has 8 heteroatoms. The fourth-order valence-corrected chi connectivity index (χ4v) is 0.447. The smallest absolute Gasteiger partial charge is 0.327 e. The summed E-state index contributed by atoms with van der Waals surface area (Å²) in [5, 5.41) is 7.60. The van der Waals surface area contributed by atoms with Crippen LogP contribution in [0.5, 0.6) is 0 Å². The third-order valence-corrected chi connectivity index (χ3v) is 1.30. The van der Waals surface area contributed by atoms with Crippen LogP contribution in [-0.2, 0) is 14.9 Å². The molecule has 0 saturated carbocycles. The molecule has 0 aromatic heterocycles. The number of rotatable bonds is 3. The second-order valence-corrected chi connectivity index (χ2v) is 3.19. The predicted octanol–water partition coefficient (Wildman–Crippen LogP) is -0.748. The van der Waals surface area contributed by atoms with Crippen LogP contribution < -0.4 is 11.9 Å². The third-order valence-electron chi connectivity index (χ3n) is 0.550. The van der Waals surface area contributed by atoms with Gasteiger partial charge in [-0.25, -0.2) is 4.79 Å². The topological polar surface area (TPSA) is 153 Å². The lowest BCUT2D eigenvalue weighted by atomic mass is 10.7. The SMILES string of the molecule is C=CC(=O)O.N.NCCS(=O)(=O)O. The Morgan fingerprint density at radius 2 is 1.85 bits per heavy atom. The highest BCUT2D eigenvalue weighted by Crippen LogP contribution is 1.74. The zero-order chi connectivity index (χ0) is 10.2. The molecule has 0 atom stereocenters. The Hall–Kier alpha value is -0.960. The summed E-state index contributed by atoms with van der Waals surface area (Å²) in [6.07, 6.45) is 0.833. The Morgan fingerprint density at radius 1 is 1.54 bits per heavy atom. The van der Waals surface area contributed by atoms with Crippen LogP contribution in [0, 0.1) is 0 Å². The first-order chi connectivity index (χ1) is 5.33. The largest absolute Gasteiger partial charge is 0.478 e. The second-order valence-electron chi connectivity index (χ2n) is 1.62. The standard InChI is InChI=1S/C3H4O2.C2H7NO3S.H3N/c1-2-3(4)5;3-1-2-7(4,5)6;/h2H,1H2,(H,4,5);1-3H2,(H,4,5,6);1H3. The molecule has 80 valence electrons. The highest BCUT2D eigenvalue weighted by atomic mass is 32.2. The molecule has 0 spiro atoms. The molecule has 0 aliphatic rings. The number of hydrogen-bond donors (Lipinski definition) is 4. The summed E-state index contributed by atoms with van der Waals surface area (Å²) in [7, 11) is -3.80. The van der Waals surface area contributed by atoms with Crippen molar-refractivity contribution >= 4 is 16.1 Å². The van der Waals surface area contributed by atoms with Gasteiger partial charge >= 0.3 is 5.97 Å². The van der Waals surface area contributed by atoms with Crippen molar-refractivity contribution in [2.45, 2.75) is 0 Å². The summed E-state index contributed by atoms with van der Waals surface area (Å²) in [5.41, 5.74) is 4.78. The van der Waals surface area contributed by atoms with Crippen LogP contribution in [0.4, 0.5) is 0 Å². The van der Waals surface area contributed by atoms with Crippen molar-refractivity contribution in [3.63, 3.8) is 0 Å². The van der Waals surface area contributed by atoms with E-state index in [9.17, 15) is 13.2 Å². The van der Waals surface area contributed by atoms with Gasteiger partial charge < -0.3 is 17.0 Å². The molecule has 7 nitrogen and oxygen atoms in total. The summed E-state index contributed by atoms with van der Waals surface area (Å²) in [6, 6.07) is 0. The Labute approximate surface area is 76.6 Å². The molecule has 0 bridgehead atoms. The van der Waals surface area contributed by atoms with Gasteiger partial charge in [-0.2, -0.15) is 8.42 Å². The molecule has 0 fully saturated rings. The van der Waals surface area contributed by atoms with Gasteiger partial charge in [0.1, 0.15) is 0 Å². The summed E-state index contributed by atoms with van der Waals surface area (Å²) >= 11 is 0. The fourth-order valence-electron chi connectivity index (χ4n) is 0.149. The maximum absolute atomic E-state index is 9.71. The highest BCUT2D eigenvalue weighted by Gasteiger charge is 1.98. The predicted molar refractivity (Wildman–Crippen MR) is 48.3 cm³/mol. The molecule has 0 aromatic rings. The van der Waals surface area contributed by atoms with E-state index < -0.39 is 16.1 Å². The number of carboxylic acids is 1. The van der Waals surface area contributed by atoms with Crippen LogP contribution in [-0.4, -0.2) is 36.3 Å². The fraction of sp³-hybridized carbons (Fsp3) is 0.400. The summed E-state index contributed by atoms with van der Waals surface area (Å²) < 4.78 is 27.3. The number of nitrogens with two attached hydrogens (primary N) is 1. The Morgan fingerprint density at radius 3 is 1.85 bits per heavy atom. The van der Waals surface area contributed by atoms with Crippen molar-refractivity contribution in [3.05, 3.63) is 12.7 Å². The lowest BCUT2D eigenvalue weighted by Gasteiger charge is -1.86. The minimum absolute atomic E-state index is 0. The van der Waals surface area contributed by atoms with Crippen LogP contribution in [0.15, 0.2) is 12.7 Å². The number of carbonyl (C=O) groups is 1. The van der Waals surface area contributed by atoms with Crippen LogP contribution >= 0.6 is 0 Å². The molecular formula is C5H14N2O5S. The molecule has 0 heterocycles. The zero-order valence-corrected chi connectivity index (χ0v) is 7.83. The van der Waals surface area contributed by atoms with Crippen molar-refractivity contribution in [1.82, 2.24) is 6.15 Å². The average Bonchev–Trinajstić information content (AvgIpc) is 1.86. The monoisotopic (exact) mass is 214 g/mol. The second kappa shape index (κ2) is 9.13. The van der Waals surface area contributed by atoms with Gasteiger partial charge in [0.15, 0.2) is 0 Å². The first-order valence-corrected chi connectivity index (χ1v) is 4.45. The quantitative estimate of drug-likeness (QED) is 0.356. The van der Waals surface area contributed by atoms with Crippen LogP contribution in [0.3, 0.4) is 0 Å². The first kappa shape index (κ1) is 18.0. The minimum Gasteiger partial charge on any atom is -0.478 e. The maximum atomic E-state index is 9.71. The first-order valence-electron chi connectivity index (χ1n) is 2.84. The Kier molecular flexibility index (Phi) is 12.6. The molecular weight excluding hydrogens is 200 g/mol. The number of aliphatic carboxylic acids is 1. The molecule has 13 heavy (non-hydrogen) atoms. The van der Waals surface area contributed by atoms with Crippen molar-refractivity contribution < 1.29 is 22.9 Å². The Bertz CT molecular complexity index is 235. The molecule has 0 unspecified atom stereocenters. The normalized spacial score (nSPS) is 8.77. The van der Waals surface area contributed by atoms with Crippen molar-refractivity contribution in [2.75, 3.05) is 12.3 Å². The van der Waals surface area contributed by atoms with Gasteiger partial charge in [-0.3, -0.25) is 4.55 Å². The van der Waals surface area contributed by atoms with E-state index in [-0.39, 0.29) is 18.4 Å². The van der Waals surface area contributed by atoms with E-state index in [1.165, 1.54) is 0 Å². The number of hydrogen-bond acceptors (Lipinski definition) is 5. The maximum Gasteiger partial charge on any atom is 0.327 e. The van der Waals surface area contributed by atoms with Crippen molar-refractivity contribution in [2.24, 2.45) is 5.73 Å². The van der Waals surface area contributed by atoms with E-state index in [4.69, 9.17) is 15.4 Å². The lowest BCUT2D eigenvalue weighted by Crippen LogP contribution is -2.13. The van der Waals surface area contributed by atoms with Crippen LogP contribution in [0.2, 0.25) is 0 Å². The van der Waals surface area contributed by atoms with E-state index in [0.717, 1.165) is 6.08 Å². The van der Waals surface area contributed by atoms with E-state index in [1.807, 2.05) is 0 Å². The van der Waals surface area contributed by atoms with Crippen molar-refractivity contribution in [1.29, 1.82) is 0 Å². The molecule has 0 rings (SSSR count). The molecule has 0 saturated heterocycles. The summed E-state index contributed by atoms with van der Waals surface area (Å²) in [4.78, 5) is 9.25. The van der Waals surface area contributed by atoms with Gasteiger partial charge in [0.05, 0.1) is 5.75 Å². The summed E-state index contributed by atoms with van der Waals surface area (Å²) in [6.45, 7) is 2.93. The molecule has 0 aromatic carbocycles. The van der Waals surface area contributed by atoms with Gasteiger partial charge in [-0.1, -0.05) is 6.58 Å². The molecule has 0 aliphatic carbocycles. The van der Waals surface area contributed by atoms with Gasteiger partial charge in [0.25, 0.3) is 10.1 Å². The minimum atomic E-state index is -3.80. The van der Waals surface area contributed by atoms with Crippen LogP contribution in [0.1, 0.15) is 0 Å². The van der Waals surface area contributed by atoms with E-state index in [2.05, 4.69) is 6.58 Å². The van der Waals surface area contributed by atoms with E-state index in [0.29, 0.717) is 0 Å². The van der Waals surface area contributed by atoms with Gasteiger partial charge in [-0.05, 0) is 0 Å². The van der Waals surface area contributed by atoms with Gasteiger partial charge in [0.2, 0.25) is 0 Å². The molecule has 0 amide bonds. The van der Waals surface area contributed by atoms with Gasteiger partial charge in [0, 0.05) is 12.6 Å².